The van der Waals surface area contributed by atoms with Gasteiger partial charge < -0.3 is 9.47 Å². The van der Waals surface area contributed by atoms with Crippen molar-refractivity contribution in [2.45, 2.75) is 13.8 Å². The SMILES string of the molecule is C/C=C/c1ccc2c3ccccc3n(-c3ccc(-c4cc(C)cc(N(c5ccccc5)c5cc6cccc7ccc8cccc5c8c76)c4)cc3)c2c1. The van der Waals surface area contributed by atoms with Gasteiger partial charge >= 0.3 is 0 Å². The van der Waals surface area contributed by atoms with Crippen LogP contribution in [0.1, 0.15) is 18.1 Å². The summed E-state index contributed by atoms with van der Waals surface area (Å²) in [6.07, 6.45) is 4.27. The molecule has 0 atom stereocenters. The monoisotopic (exact) mass is 664 g/mol. The van der Waals surface area contributed by atoms with E-state index in [1.165, 1.54) is 82.1 Å². The second-order valence-electron chi connectivity index (χ2n) is 13.8. The molecule has 9 aromatic carbocycles. The number of fused-ring (bicyclic) bond motifs is 3. The summed E-state index contributed by atoms with van der Waals surface area (Å²) in [5.41, 5.74) is 11.8. The topological polar surface area (TPSA) is 8.17 Å². The number of allylic oxidation sites excluding steroid dienone is 1. The van der Waals surface area contributed by atoms with Crippen LogP contribution < -0.4 is 4.90 Å². The van der Waals surface area contributed by atoms with Crippen LogP contribution in [0.2, 0.25) is 0 Å². The van der Waals surface area contributed by atoms with Crippen molar-refractivity contribution in [1.82, 2.24) is 4.57 Å². The van der Waals surface area contributed by atoms with Gasteiger partial charge in [-0.3, -0.25) is 0 Å². The lowest BCUT2D eigenvalue weighted by atomic mass is 9.92. The highest BCUT2D eigenvalue weighted by Gasteiger charge is 2.20. The minimum atomic E-state index is 1.13. The highest BCUT2D eigenvalue weighted by atomic mass is 15.1. The highest BCUT2D eigenvalue weighted by Crippen LogP contribution is 2.45. The molecule has 2 heteroatoms. The van der Waals surface area contributed by atoms with Gasteiger partial charge in [-0.15, -0.1) is 0 Å². The molecule has 0 aliphatic heterocycles. The molecule has 0 saturated carbocycles. The molecule has 2 nitrogen and oxygen atoms in total. The molecule has 0 aliphatic rings. The number of hydrogen-bond donors (Lipinski definition) is 0. The lowest BCUT2D eigenvalue weighted by Gasteiger charge is -2.29. The molecule has 0 radical (unpaired) electrons. The minimum Gasteiger partial charge on any atom is -0.310 e. The Bertz CT molecular complexity index is 2970. The van der Waals surface area contributed by atoms with Crippen LogP contribution in [0.5, 0.6) is 0 Å². The van der Waals surface area contributed by atoms with Crippen LogP contribution >= 0.6 is 0 Å². The molecule has 1 aromatic heterocycles. The molecular formula is C50H36N2. The van der Waals surface area contributed by atoms with E-state index >= 15 is 0 Å². The van der Waals surface area contributed by atoms with Crippen molar-refractivity contribution in [1.29, 1.82) is 0 Å². The summed E-state index contributed by atoms with van der Waals surface area (Å²) in [6.45, 7) is 4.27. The van der Waals surface area contributed by atoms with Crippen molar-refractivity contribution in [3.63, 3.8) is 0 Å². The Balaban J connectivity index is 1.13. The molecule has 0 saturated heterocycles. The van der Waals surface area contributed by atoms with E-state index in [-0.39, 0.29) is 0 Å². The summed E-state index contributed by atoms with van der Waals surface area (Å²) < 4.78 is 2.40. The number of benzene rings is 9. The Kier molecular flexibility index (Phi) is 6.97. The van der Waals surface area contributed by atoms with Crippen molar-refractivity contribution >= 4 is 77.3 Å². The Labute approximate surface area is 303 Å². The van der Waals surface area contributed by atoms with Gasteiger partial charge in [-0.2, -0.15) is 0 Å². The summed E-state index contributed by atoms with van der Waals surface area (Å²) in [4.78, 5) is 2.44. The number of para-hydroxylation sites is 2. The third-order valence-corrected chi connectivity index (χ3v) is 10.6. The van der Waals surface area contributed by atoms with E-state index in [4.69, 9.17) is 0 Å². The van der Waals surface area contributed by atoms with Crippen LogP contribution in [-0.4, -0.2) is 4.57 Å². The quantitative estimate of drug-likeness (QED) is 0.161. The molecule has 52 heavy (non-hydrogen) atoms. The van der Waals surface area contributed by atoms with Gasteiger partial charge in [0, 0.05) is 33.2 Å². The average molecular weight is 665 g/mol. The summed E-state index contributed by atoms with van der Waals surface area (Å²) in [6, 6.07) is 62.6. The van der Waals surface area contributed by atoms with E-state index in [9.17, 15) is 0 Å². The summed E-state index contributed by atoms with van der Waals surface area (Å²) in [5, 5.41) is 10.2. The smallest absolute Gasteiger partial charge is 0.0547 e. The number of nitrogens with zero attached hydrogens (tertiary/aromatic N) is 2. The van der Waals surface area contributed by atoms with Crippen LogP contribution in [0.25, 0.3) is 77.0 Å². The van der Waals surface area contributed by atoms with E-state index in [1.807, 2.05) is 0 Å². The first kappa shape index (κ1) is 30.2. The zero-order valence-corrected chi connectivity index (χ0v) is 29.2. The number of rotatable bonds is 6. The fraction of sp³-hybridized carbons (Fsp3) is 0.0400. The molecule has 0 spiro atoms. The van der Waals surface area contributed by atoms with Gasteiger partial charge in [0.05, 0.1) is 16.7 Å². The minimum absolute atomic E-state index is 1.13. The normalized spacial score (nSPS) is 12.0. The van der Waals surface area contributed by atoms with E-state index in [0.29, 0.717) is 0 Å². The van der Waals surface area contributed by atoms with Gasteiger partial charge in [-0.05, 0) is 118 Å². The Hall–Kier alpha value is -6.64. The van der Waals surface area contributed by atoms with Gasteiger partial charge in [0.1, 0.15) is 0 Å². The van der Waals surface area contributed by atoms with Gasteiger partial charge in [0.15, 0.2) is 0 Å². The van der Waals surface area contributed by atoms with Gasteiger partial charge in [0.25, 0.3) is 0 Å². The van der Waals surface area contributed by atoms with Crippen molar-refractivity contribution in [3.8, 4) is 16.8 Å². The Morgan fingerprint density at radius 1 is 0.481 bits per heavy atom. The number of hydrogen-bond acceptors (Lipinski definition) is 1. The second-order valence-corrected chi connectivity index (χ2v) is 13.8. The molecule has 0 N–H and O–H groups in total. The lowest BCUT2D eigenvalue weighted by molar-refractivity contribution is 1.18. The highest BCUT2D eigenvalue weighted by molar-refractivity contribution is 6.26. The Morgan fingerprint density at radius 2 is 1.19 bits per heavy atom. The average Bonchev–Trinajstić information content (AvgIpc) is 3.51. The zero-order chi connectivity index (χ0) is 34.8. The third kappa shape index (κ3) is 4.80. The largest absolute Gasteiger partial charge is 0.310 e. The predicted octanol–water partition coefficient (Wildman–Crippen LogP) is 14.2. The maximum atomic E-state index is 2.44. The number of aromatic nitrogens is 1. The maximum absolute atomic E-state index is 2.44. The van der Waals surface area contributed by atoms with Gasteiger partial charge in [-0.1, -0.05) is 127 Å². The van der Waals surface area contributed by atoms with Crippen molar-refractivity contribution < 1.29 is 0 Å². The van der Waals surface area contributed by atoms with E-state index in [1.54, 1.807) is 0 Å². The first-order valence-electron chi connectivity index (χ1n) is 18.0. The van der Waals surface area contributed by atoms with Crippen molar-refractivity contribution in [2.24, 2.45) is 0 Å². The molecule has 0 fully saturated rings. The predicted molar refractivity (Wildman–Crippen MR) is 224 cm³/mol. The molecular weight excluding hydrogens is 629 g/mol. The standard InChI is InChI=1S/C50H36N2/c1-3-11-34-20-27-44-43-17-7-8-19-46(43)52(47(44)30-34)41-25-23-35(24-26-41)39-28-33(2)29-42(31-39)51(40-15-5-4-6-16-40)48-32-38-14-9-12-36-21-22-37-13-10-18-45(48)50(37)49(36)38/h3-32H,1-2H3/b11-3+. The van der Waals surface area contributed by atoms with Crippen LogP contribution in [0.4, 0.5) is 17.1 Å². The van der Waals surface area contributed by atoms with E-state index in [0.717, 1.165) is 17.1 Å². The zero-order valence-electron chi connectivity index (χ0n) is 29.2. The number of anilines is 3. The van der Waals surface area contributed by atoms with Crippen molar-refractivity contribution in [3.05, 3.63) is 187 Å². The lowest BCUT2D eigenvalue weighted by Crippen LogP contribution is -2.11. The number of aryl methyl sites for hydroxylation is 1. The summed E-state index contributed by atoms with van der Waals surface area (Å²) in [7, 11) is 0. The molecule has 0 bridgehead atoms. The fourth-order valence-electron chi connectivity index (χ4n) is 8.36. The first-order chi connectivity index (χ1) is 25.6. The van der Waals surface area contributed by atoms with Crippen LogP contribution in [0, 0.1) is 6.92 Å². The molecule has 10 aromatic rings. The van der Waals surface area contributed by atoms with Crippen molar-refractivity contribution in [2.75, 3.05) is 4.90 Å². The van der Waals surface area contributed by atoms with Crippen LogP contribution in [-0.2, 0) is 0 Å². The molecule has 246 valence electrons. The summed E-state index contributed by atoms with van der Waals surface area (Å²) >= 11 is 0. The first-order valence-corrected chi connectivity index (χ1v) is 18.0. The second kappa shape index (κ2) is 12.0. The van der Waals surface area contributed by atoms with Gasteiger partial charge in [-0.25, -0.2) is 0 Å². The fourth-order valence-corrected chi connectivity index (χ4v) is 8.36. The van der Waals surface area contributed by atoms with E-state index < -0.39 is 0 Å². The van der Waals surface area contributed by atoms with Gasteiger partial charge in [0.2, 0.25) is 0 Å². The van der Waals surface area contributed by atoms with E-state index in [2.05, 4.69) is 205 Å². The molecule has 10 rings (SSSR count). The molecule has 0 unspecified atom stereocenters. The third-order valence-electron chi connectivity index (χ3n) is 10.6. The summed E-state index contributed by atoms with van der Waals surface area (Å²) in [5.74, 6) is 0. The molecule has 0 aliphatic carbocycles. The Morgan fingerprint density at radius 3 is 2.02 bits per heavy atom. The molecule has 0 amide bonds. The maximum Gasteiger partial charge on any atom is 0.0547 e. The molecule has 1 heterocycles. The van der Waals surface area contributed by atoms with Crippen LogP contribution in [0.15, 0.2) is 176 Å². The van der Waals surface area contributed by atoms with Crippen LogP contribution in [0.3, 0.4) is 0 Å².